The topological polar surface area (TPSA) is 49.2 Å². The summed E-state index contributed by atoms with van der Waals surface area (Å²) in [5.41, 5.74) is 2.19. The second kappa shape index (κ2) is 4.43. The Morgan fingerprint density at radius 3 is 3.06 bits per heavy atom. The van der Waals surface area contributed by atoms with E-state index in [0.717, 1.165) is 30.5 Å². The molecule has 1 amide bonds. The number of nitrogens with zero attached hydrogens (tertiary/aromatic N) is 1. The number of fused-ring (bicyclic) bond motifs is 1. The molecule has 0 aliphatic rings. The third kappa shape index (κ3) is 1.96. The average molecular weight is 220 g/mol. The third-order valence-electron chi connectivity index (χ3n) is 2.66. The minimum absolute atomic E-state index is 0.0138. The van der Waals surface area contributed by atoms with E-state index < -0.39 is 0 Å². The van der Waals surface area contributed by atoms with Gasteiger partial charge in [0.2, 0.25) is 0 Å². The summed E-state index contributed by atoms with van der Waals surface area (Å²) in [4.78, 5) is 16.7. The summed E-state index contributed by atoms with van der Waals surface area (Å²) < 4.78 is 5.21. The van der Waals surface area contributed by atoms with Crippen molar-refractivity contribution in [2.45, 2.75) is 19.8 Å². The standard InChI is InChI=1S/C12H16N2O2/c1-3-4-6-14(2)12(15)10-8-11-9(13-10)5-7-16-11/h5,7-8,13H,3-4,6H2,1-2H3. The Kier molecular flexibility index (Phi) is 2.99. The first-order chi connectivity index (χ1) is 7.72. The summed E-state index contributed by atoms with van der Waals surface area (Å²) >= 11 is 0. The molecule has 0 aromatic carbocycles. The molecule has 0 spiro atoms. The van der Waals surface area contributed by atoms with Crippen LogP contribution in [0.3, 0.4) is 0 Å². The smallest absolute Gasteiger partial charge is 0.270 e. The van der Waals surface area contributed by atoms with Gasteiger partial charge in [-0.25, -0.2) is 0 Å². The Balaban J connectivity index is 2.12. The molecule has 16 heavy (non-hydrogen) atoms. The van der Waals surface area contributed by atoms with E-state index in [1.54, 1.807) is 17.2 Å². The van der Waals surface area contributed by atoms with Crippen LogP contribution in [0.2, 0.25) is 0 Å². The van der Waals surface area contributed by atoms with E-state index in [1.807, 2.05) is 13.1 Å². The van der Waals surface area contributed by atoms with Crippen molar-refractivity contribution in [1.29, 1.82) is 0 Å². The number of nitrogens with one attached hydrogen (secondary N) is 1. The second-order valence-corrected chi connectivity index (χ2v) is 3.96. The quantitative estimate of drug-likeness (QED) is 0.861. The fourth-order valence-electron chi connectivity index (χ4n) is 1.67. The first kappa shape index (κ1) is 10.8. The van der Waals surface area contributed by atoms with Crippen LogP contribution >= 0.6 is 0 Å². The van der Waals surface area contributed by atoms with Crippen LogP contribution < -0.4 is 0 Å². The summed E-state index contributed by atoms with van der Waals surface area (Å²) in [5.74, 6) is 0.0138. The van der Waals surface area contributed by atoms with Crippen molar-refractivity contribution in [2.75, 3.05) is 13.6 Å². The summed E-state index contributed by atoms with van der Waals surface area (Å²) in [6.45, 7) is 2.90. The Hall–Kier alpha value is -1.71. The van der Waals surface area contributed by atoms with Crippen molar-refractivity contribution in [3.63, 3.8) is 0 Å². The molecule has 0 unspecified atom stereocenters. The number of carbonyl (C=O) groups excluding carboxylic acids is 1. The third-order valence-corrected chi connectivity index (χ3v) is 2.66. The van der Waals surface area contributed by atoms with Crippen LogP contribution in [0.25, 0.3) is 11.1 Å². The van der Waals surface area contributed by atoms with Gasteiger partial charge in [-0.2, -0.15) is 0 Å². The van der Waals surface area contributed by atoms with Crippen molar-refractivity contribution in [3.05, 3.63) is 24.1 Å². The van der Waals surface area contributed by atoms with E-state index >= 15 is 0 Å². The first-order valence-electron chi connectivity index (χ1n) is 5.54. The zero-order valence-electron chi connectivity index (χ0n) is 9.62. The van der Waals surface area contributed by atoms with Crippen molar-refractivity contribution in [2.24, 2.45) is 0 Å². The maximum Gasteiger partial charge on any atom is 0.270 e. The number of hydrogen-bond donors (Lipinski definition) is 1. The predicted molar refractivity (Wildman–Crippen MR) is 62.4 cm³/mol. The number of aromatic amines is 1. The van der Waals surface area contributed by atoms with Gasteiger partial charge in [0.05, 0.1) is 11.8 Å². The Morgan fingerprint density at radius 1 is 1.56 bits per heavy atom. The van der Waals surface area contributed by atoms with Crippen LogP contribution in [0.4, 0.5) is 0 Å². The van der Waals surface area contributed by atoms with Gasteiger partial charge in [-0.3, -0.25) is 4.79 Å². The van der Waals surface area contributed by atoms with Crippen molar-refractivity contribution < 1.29 is 9.21 Å². The molecule has 0 saturated heterocycles. The van der Waals surface area contributed by atoms with E-state index in [-0.39, 0.29) is 5.91 Å². The molecule has 86 valence electrons. The first-order valence-corrected chi connectivity index (χ1v) is 5.54. The van der Waals surface area contributed by atoms with Crippen LogP contribution in [0.15, 0.2) is 22.8 Å². The highest BCUT2D eigenvalue weighted by Gasteiger charge is 2.14. The largest absolute Gasteiger partial charge is 0.463 e. The molecule has 1 N–H and O–H groups in total. The Bertz CT molecular complexity index is 455. The normalized spacial score (nSPS) is 10.9. The number of amides is 1. The zero-order chi connectivity index (χ0) is 11.5. The molecule has 2 aromatic heterocycles. The molecule has 0 bridgehead atoms. The zero-order valence-corrected chi connectivity index (χ0v) is 9.62. The van der Waals surface area contributed by atoms with E-state index in [1.165, 1.54) is 0 Å². The molecule has 0 radical (unpaired) electrons. The molecule has 2 rings (SSSR count). The van der Waals surface area contributed by atoms with Gasteiger partial charge in [0.25, 0.3) is 5.91 Å². The van der Waals surface area contributed by atoms with E-state index in [4.69, 9.17) is 4.42 Å². The lowest BCUT2D eigenvalue weighted by atomic mass is 10.3. The van der Waals surface area contributed by atoms with Crippen molar-refractivity contribution >= 4 is 17.0 Å². The fourth-order valence-corrected chi connectivity index (χ4v) is 1.67. The van der Waals surface area contributed by atoms with E-state index in [9.17, 15) is 4.79 Å². The van der Waals surface area contributed by atoms with Crippen LogP contribution in [0.5, 0.6) is 0 Å². The van der Waals surface area contributed by atoms with Crippen LogP contribution in [-0.4, -0.2) is 29.4 Å². The van der Waals surface area contributed by atoms with E-state index in [2.05, 4.69) is 11.9 Å². The highest BCUT2D eigenvalue weighted by atomic mass is 16.3. The minimum atomic E-state index is 0.0138. The highest BCUT2D eigenvalue weighted by Crippen LogP contribution is 2.17. The highest BCUT2D eigenvalue weighted by molar-refractivity contribution is 5.96. The number of unbranched alkanes of at least 4 members (excludes halogenated alkanes) is 1. The molecule has 0 atom stereocenters. The summed E-state index contributed by atoms with van der Waals surface area (Å²) in [6.07, 6.45) is 3.72. The van der Waals surface area contributed by atoms with Crippen LogP contribution in [0.1, 0.15) is 30.3 Å². The van der Waals surface area contributed by atoms with Gasteiger partial charge in [0.15, 0.2) is 5.58 Å². The maximum absolute atomic E-state index is 12.0. The lowest BCUT2D eigenvalue weighted by Crippen LogP contribution is -2.27. The SMILES string of the molecule is CCCCN(C)C(=O)c1cc2occc2[nH]1. The second-order valence-electron chi connectivity index (χ2n) is 3.96. The molecular formula is C12H16N2O2. The number of hydrogen-bond acceptors (Lipinski definition) is 2. The van der Waals surface area contributed by atoms with Gasteiger partial charge < -0.3 is 14.3 Å². The van der Waals surface area contributed by atoms with Crippen molar-refractivity contribution in [1.82, 2.24) is 9.88 Å². The molecule has 2 aromatic rings. The number of H-pyrrole nitrogens is 1. The van der Waals surface area contributed by atoms with Crippen LogP contribution in [-0.2, 0) is 0 Å². The molecule has 0 aliphatic carbocycles. The average Bonchev–Trinajstić information content (AvgIpc) is 2.84. The Morgan fingerprint density at radius 2 is 2.38 bits per heavy atom. The molecule has 0 saturated carbocycles. The predicted octanol–water partition coefficient (Wildman–Crippen LogP) is 2.63. The minimum Gasteiger partial charge on any atom is -0.463 e. The summed E-state index contributed by atoms with van der Waals surface area (Å²) in [7, 11) is 1.82. The molecular weight excluding hydrogens is 204 g/mol. The Labute approximate surface area is 94.2 Å². The van der Waals surface area contributed by atoms with Gasteiger partial charge in [-0.1, -0.05) is 13.3 Å². The number of aromatic nitrogens is 1. The van der Waals surface area contributed by atoms with Crippen LogP contribution in [0, 0.1) is 0 Å². The molecule has 4 heteroatoms. The lowest BCUT2D eigenvalue weighted by molar-refractivity contribution is 0.0788. The van der Waals surface area contributed by atoms with Gasteiger partial charge in [-0.05, 0) is 6.42 Å². The number of rotatable bonds is 4. The molecule has 4 nitrogen and oxygen atoms in total. The monoisotopic (exact) mass is 220 g/mol. The number of carbonyl (C=O) groups is 1. The lowest BCUT2D eigenvalue weighted by Gasteiger charge is -2.15. The number of furan rings is 1. The summed E-state index contributed by atoms with van der Waals surface area (Å²) in [5, 5.41) is 0. The fraction of sp³-hybridized carbons (Fsp3) is 0.417. The van der Waals surface area contributed by atoms with Gasteiger partial charge in [0.1, 0.15) is 5.69 Å². The van der Waals surface area contributed by atoms with Crippen molar-refractivity contribution in [3.8, 4) is 0 Å². The van der Waals surface area contributed by atoms with Gasteiger partial charge in [0, 0.05) is 25.7 Å². The van der Waals surface area contributed by atoms with E-state index in [0.29, 0.717) is 5.69 Å². The maximum atomic E-state index is 12.0. The molecule has 2 heterocycles. The summed E-state index contributed by atoms with van der Waals surface area (Å²) in [6, 6.07) is 3.57. The van der Waals surface area contributed by atoms with Gasteiger partial charge >= 0.3 is 0 Å². The van der Waals surface area contributed by atoms with Gasteiger partial charge in [-0.15, -0.1) is 0 Å². The molecule has 0 fully saturated rings. The molecule has 0 aliphatic heterocycles.